The number of hydrogen-bond acceptors (Lipinski definition) is 6. The van der Waals surface area contributed by atoms with Crippen LogP contribution < -0.4 is 11.5 Å². The lowest BCUT2D eigenvalue weighted by Gasteiger charge is -2.22. The molecule has 6 N–H and O–H groups in total. The fourth-order valence-corrected chi connectivity index (χ4v) is 7.62. The van der Waals surface area contributed by atoms with Gasteiger partial charge in [-0.2, -0.15) is 0 Å². The predicted octanol–water partition coefficient (Wildman–Crippen LogP) is 10.2. The van der Waals surface area contributed by atoms with Crippen molar-refractivity contribution in [2.24, 2.45) is 23.3 Å². The summed E-state index contributed by atoms with van der Waals surface area (Å²) in [5, 5.41) is 17.9. The first-order valence-electron chi connectivity index (χ1n) is 15.8. The zero-order chi connectivity index (χ0) is 31.4. The van der Waals surface area contributed by atoms with Gasteiger partial charge in [0, 0.05) is 30.7 Å². The normalized spacial score (nSPS) is 15.3. The van der Waals surface area contributed by atoms with Crippen LogP contribution in [0.3, 0.4) is 0 Å². The first kappa shape index (κ1) is 31.7. The Hall–Kier alpha value is -3.74. The van der Waals surface area contributed by atoms with Gasteiger partial charge >= 0.3 is 0 Å². The third kappa shape index (κ3) is 6.82. The smallest absolute Gasteiger partial charge is 0.0904 e. The standard InChI is InChI=1S/C38H44N4S2/c1-5-23(3)7-9-25-11-15-27(16-12-25)29-19-21-31(43-29)33-35(39)37(41)34(38(42)36(33)40)32-22-20-30(44-32)28-17-13-26(14-18-28)10-8-24(4)6-2/h11-24,39,41H,5-10,40,42H2,1-4H3. The summed E-state index contributed by atoms with van der Waals surface area (Å²) in [6.45, 7) is 9.11. The van der Waals surface area contributed by atoms with E-state index in [1.807, 2.05) is 12.1 Å². The molecule has 2 aromatic heterocycles. The summed E-state index contributed by atoms with van der Waals surface area (Å²) >= 11 is 3.17. The molecule has 1 aliphatic carbocycles. The minimum Gasteiger partial charge on any atom is -0.396 e. The molecule has 0 spiro atoms. The summed E-state index contributed by atoms with van der Waals surface area (Å²) in [6, 6.07) is 25.7. The lowest BCUT2D eigenvalue weighted by molar-refractivity contribution is 0.516. The Labute approximate surface area is 270 Å². The van der Waals surface area contributed by atoms with Crippen LogP contribution in [0, 0.1) is 22.7 Å². The van der Waals surface area contributed by atoms with E-state index in [1.165, 1.54) is 36.8 Å². The number of allylic oxidation sites excluding steroid dienone is 2. The van der Waals surface area contributed by atoms with E-state index >= 15 is 0 Å². The number of aryl methyl sites for hydroxylation is 2. The van der Waals surface area contributed by atoms with Gasteiger partial charge < -0.3 is 11.5 Å². The summed E-state index contributed by atoms with van der Waals surface area (Å²) < 4.78 is 0. The molecule has 0 aliphatic heterocycles. The zero-order valence-electron chi connectivity index (χ0n) is 26.3. The number of rotatable bonds is 12. The molecule has 1 aliphatic rings. The second-order valence-corrected chi connectivity index (χ2v) is 14.3. The molecule has 228 valence electrons. The molecule has 0 radical (unpaired) electrons. The van der Waals surface area contributed by atoms with Gasteiger partial charge in [-0.1, -0.05) is 89.1 Å². The predicted molar refractivity (Wildman–Crippen MR) is 193 cm³/mol. The van der Waals surface area contributed by atoms with Crippen molar-refractivity contribution < 1.29 is 0 Å². The Bertz CT molecular complexity index is 1570. The number of nitrogens with one attached hydrogen (secondary N) is 2. The number of hydrogen-bond donors (Lipinski definition) is 4. The second kappa shape index (κ2) is 13.9. The molecule has 0 amide bonds. The molecule has 0 saturated heterocycles. The summed E-state index contributed by atoms with van der Waals surface area (Å²) in [7, 11) is 0. The van der Waals surface area contributed by atoms with E-state index < -0.39 is 0 Å². The molecule has 2 atom stereocenters. The van der Waals surface area contributed by atoms with Crippen LogP contribution in [0.15, 0.2) is 84.2 Å². The first-order chi connectivity index (χ1) is 21.2. The van der Waals surface area contributed by atoms with Gasteiger partial charge in [-0.05, 0) is 84.0 Å². The van der Waals surface area contributed by atoms with Crippen molar-refractivity contribution in [2.75, 3.05) is 0 Å². The molecule has 6 heteroatoms. The van der Waals surface area contributed by atoms with Gasteiger partial charge in [0.25, 0.3) is 0 Å². The van der Waals surface area contributed by atoms with Gasteiger partial charge in [0.05, 0.1) is 22.8 Å². The third-order valence-electron chi connectivity index (χ3n) is 9.01. The fourth-order valence-electron chi connectivity index (χ4n) is 5.46. The molecule has 2 heterocycles. The molecule has 5 rings (SSSR count). The lowest BCUT2D eigenvalue weighted by atomic mass is 9.88. The van der Waals surface area contributed by atoms with Crippen molar-refractivity contribution in [3.63, 3.8) is 0 Å². The van der Waals surface area contributed by atoms with Crippen LogP contribution in [0.2, 0.25) is 0 Å². The van der Waals surface area contributed by atoms with Crippen molar-refractivity contribution >= 4 is 45.2 Å². The van der Waals surface area contributed by atoms with Gasteiger partial charge in [0.1, 0.15) is 0 Å². The molecule has 2 aromatic carbocycles. The van der Waals surface area contributed by atoms with Crippen LogP contribution in [-0.4, -0.2) is 11.4 Å². The summed E-state index contributed by atoms with van der Waals surface area (Å²) in [5.74, 6) is 1.48. The maximum Gasteiger partial charge on any atom is 0.0904 e. The SMILES string of the molecule is CCC(C)CCc1ccc(-c2ccc(C3=C(N)C(N)=C(c4ccc(-c5ccc(CCC(C)CC)cc5)s4)C(=N)C3=N)s2)cc1. The van der Waals surface area contributed by atoms with E-state index in [9.17, 15) is 0 Å². The van der Waals surface area contributed by atoms with E-state index in [4.69, 9.17) is 22.3 Å². The van der Waals surface area contributed by atoms with Crippen LogP contribution in [0.4, 0.5) is 0 Å². The lowest BCUT2D eigenvalue weighted by Crippen LogP contribution is -2.29. The van der Waals surface area contributed by atoms with E-state index in [2.05, 4.69) is 88.4 Å². The Morgan fingerprint density at radius 1 is 0.545 bits per heavy atom. The molecule has 0 bridgehead atoms. The summed E-state index contributed by atoms with van der Waals surface area (Å²) in [4.78, 5) is 3.93. The first-order valence-corrected chi connectivity index (χ1v) is 17.4. The average Bonchev–Trinajstić information content (AvgIpc) is 3.73. The highest BCUT2D eigenvalue weighted by Gasteiger charge is 2.31. The maximum atomic E-state index is 8.97. The molecule has 4 nitrogen and oxygen atoms in total. The summed E-state index contributed by atoms with van der Waals surface area (Å²) in [5.41, 5.74) is 20.3. The van der Waals surface area contributed by atoms with Crippen molar-refractivity contribution in [3.8, 4) is 20.9 Å². The summed E-state index contributed by atoms with van der Waals surface area (Å²) in [6.07, 6.45) is 7.02. The quantitative estimate of drug-likeness (QED) is 0.118. The van der Waals surface area contributed by atoms with Crippen LogP contribution in [0.1, 0.15) is 74.3 Å². The number of nitrogens with two attached hydrogens (primary N) is 2. The fraction of sp³-hybridized carbons (Fsp3) is 0.316. The Kier molecular flexibility index (Phi) is 10.0. The van der Waals surface area contributed by atoms with Crippen LogP contribution in [0.5, 0.6) is 0 Å². The van der Waals surface area contributed by atoms with Crippen LogP contribution in [0.25, 0.3) is 32.0 Å². The monoisotopic (exact) mass is 620 g/mol. The molecule has 44 heavy (non-hydrogen) atoms. The molecule has 4 aromatic rings. The largest absolute Gasteiger partial charge is 0.396 e. The van der Waals surface area contributed by atoms with E-state index in [0.29, 0.717) is 22.5 Å². The Morgan fingerprint density at radius 2 is 0.886 bits per heavy atom. The highest BCUT2D eigenvalue weighted by atomic mass is 32.1. The number of thiophene rings is 2. The third-order valence-corrected chi connectivity index (χ3v) is 11.3. The van der Waals surface area contributed by atoms with E-state index in [-0.39, 0.29) is 11.4 Å². The average molecular weight is 621 g/mol. The van der Waals surface area contributed by atoms with Crippen LogP contribution in [-0.2, 0) is 12.8 Å². The molecule has 0 saturated carbocycles. The molecular weight excluding hydrogens is 577 g/mol. The molecule has 2 unspecified atom stereocenters. The Balaban J connectivity index is 1.36. The maximum absolute atomic E-state index is 8.97. The van der Waals surface area contributed by atoms with Gasteiger partial charge in [0.2, 0.25) is 0 Å². The number of benzene rings is 2. The van der Waals surface area contributed by atoms with Crippen molar-refractivity contribution in [2.45, 2.75) is 66.2 Å². The Morgan fingerprint density at radius 3 is 1.23 bits per heavy atom. The van der Waals surface area contributed by atoms with Crippen molar-refractivity contribution in [1.82, 2.24) is 0 Å². The topological polar surface area (TPSA) is 99.7 Å². The van der Waals surface area contributed by atoms with E-state index in [0.717, 1.165) is 55.3 Å². The minimum absolute atomic E-state index is 0.112. The minimum atomic E-state index is 0.112. The van der Waals surface area contributed by atoms with Crippen molar-refractivity contribution in [1.29, 1.82) is 10.8 Å². The van der Waals surface area contributed by atoms with Gasteiger partial charge in [-0.25, -0.2) is 0 Å². The van der Waals surface area contributed by atoms with Gasteiger partial charge in [0.15, 0.2) is 0 Å². The highest BCUT2D eigenvalue weighted by Crippen LogP contribution is 2.40. The van der Waals surface area contributed by atoms with Gasteiger partial charge in [-0.3, -0.25) is 10.8 Å². The van der Waals surface area contributed by atoms with Gasteiger partial charge in [-0.15, -0.1) is 22.7 Å². The molecule has 0 fully saturated rings. The molecular formula is C38H44N4S2. The highest BCUT2D eigenvalue weighted by molar-refractivity contribution is 7.18. The van der Waals surface area contributed by atoms with Crippen LogP contribution >= 0.6 is 22.7 Å². The van der Waals surface area contributed by atoms with E-state index in [1.54, 1.807) is 22.7 Å². The second-order valence-electron chi connectivity index (χ2n) is 12.2. The zero-order valence-corrected chi connectivity index (χ0v) is 27.9. The van der Waals surface area contributed by atoms with Crippen molar-refractivity contribution in [3.05, 3.63) is 105 Å².